The minimum Gasteiger partial charge on any atom is -0.366 e. The predicted molar refractivity (Wildman–Crippen MR) is 90.0 cm³/mol. The molecule has 0 bridgehead atoms. The van der Waals surface area contributed by atoms with Gasteiger partial charge in [-0.1, -0.05) is 0 Å². The molecular formula is C15H18F3N3O5S. The molecule has 0 aromatic heterocycles. The molecule has 0 spiro atoms. The van der Waals surface area contributed by atoms with E-state index in [-0.39, 0.29) is 17.5 Å². The number of rotatable bonds is 5. The Balaban J connectivity index is 2.34. The molecule has 1 N–H and O–H groups in total. The van der Waals surface area contributed by atoms with Gasteiger partial charge in [-0.15, -0.1) is 0 Å². The lowest BCUT2D eigenvalue weighted by Crippen LogP contribution is -2.40. The third kappa shape index (κ3) is 4.67. The number of amides is 1. The van der Waals surface area contributed by atoms with Gasteiger partial charge in [0.25, 0.3) is 15.5 Å². The van der Waals surface area contributed by atoms with Crippen molar-refractivity contribution in [3.8, 4) is 0 Å². The molecule has 8 nitrogen and oxygen atoms in total. The fourth-order valence-electron chi connectivity index (χ4n) is 2.96. The molecule has 1 atom stereocenters. The second kappa shape index (κ2) is 7.71. The van der Waals surface area contributed by atoms with Crippen LogP contribution in [0.2, 0.25) is 0 Å². The number of benzene rings is 1. The van der Waals surface area contributed by atoms with Crippen LogP contribution in [0.3, 0.4) is 0 Å². The number of nitrogens with one attached hydrogen (secondary N) is 1. The molecule has 1 aliphatic rings. The van der Waals surface area contributed by atoms with Crippen LogP contribution in [0.1, 0.15) is 19.8 Å². The minimum absolute atomic E-state index is 0.0147. The lowest BCUT2D eigenvalue weighted by Gasteiger charge is -2.34. The smallest absolute Gasteiger partial charge is 0.366 e. The highest BCUT2D eigenvalue weighted by molar-refractivity contribution is 7.92. The summed E-state index contributed by atoms with van der Waals surface area (Å²) in [6.45, 7) is 2.53. The summed E-state index contributed by atoms with van der Waals surface area (Å²) in [6, 6.07) is 2.19. The van der Waals surface area contributed by atoms with Gasteiger partial charge in [0.15, 0.2) is 0 Å². The van der Waals surface area contributed by atoms with E-state index in [1.54, 1.807) is 4.90 Å². The van der Waals surface area contributed by atoms with E-state index in [0.717, 1.165) is 18.6 Å². The van der Waals surface area contributed by atoms with E-state index < -0.39 is 30.9 Å². The van der Waals surface area contributed by atoms with E-state index in [9.17, 15) is 36.5 Å². The molecule has 1 saturated heterocycles. The average molecular weight is 409 g/mol. The number of nitro benzene ring substituents is 1. The van der Waals surface area contributed by atoms with Crippen LogP contribution in [0.4, 0.5) is 24.5 Å². The van der Waals surface area contributed by atoms with Gasteiger partial charge in [-0.2, -0.15) is 13.2 Å². The molecule has 27 heavy (non-hydrogen) atoms. The first-order chi connectivity index (χ1) is 12.4. The molecule has 2 rings (SSSR count). The van der Waals surface area contributed by atoms with Crippen molar-refractivity contribution in [2.24, 2.45) is 5.92 Å². The standard InChI is InChI=1S/C15H18F3N3O5S/c1-10(22)19-8-11-3-2-6-20(9-11)13-5-4-12(7-14(13)21(23)24)27(25,26)15(16,17)18/h4-5,7,11H,2-3,6,8-9H2,1H3,(H,19,22). The minimum atomic E-state index is -5.68. The van der Waals surface area contributed by atoms with Gasteiger partial charge in [-0.05, 0) is 30.9 Å². The van der Waals surface area contributed by atoms with Crippen LogP contribution >= 0.6 is 0 Å². The molecule has 1 aromatic carbocycles. The van der Waals surface area contributed by atoms with E-state index in [0.29, 0.717) is 32.1 Å². The van der Waals surface area contributed by atoms with E-state index in [2.05, 4.69) is 5.32 Å². The molecule has 1 aliphatic heterocycles. The summed E-state index contributed by atoms with van der Waals surface area (Å²) in [5.41, 5.74) is -6.20. The Morgan fingerprint density at radius 3 is 2.63 bits per heavy atom. The van der Waals surface area contributed by atoms with Gasteiger partial charge in [-0.25, -0.2) is 8.42 Å². The van der Waals surface area contributed by atoms with E-state index in [1.165, 1.54) is 6.92 Å². The summed E-state index contributed by atoms with van der Waals surface area (Å²) in [6.07, 6.45) is 1.45. The SMILES string of the molecule is CC(=O)NCC1CCCN(c2ccc(S(=O)(=O)C(F)(F)F)cc2[N+](=O)[O-])C1. The van der Waals surface area contributed by atoms with Gasteiger partial charge < -0.3 is 10.2 Å². The van der Waals surface area contributed by atoms with Crippen LogP contribution in [0.15, 0.2) is 23.1 Å². The Morgan fingerprint density at radius 1 is 1.41 bits per heavy atom. The summed E-state index contributed by atoms with van der Waals surface area (Å²) >= 11 is 0. The van der Waals surface area contributed by atoms with E-state index in [4.69, 9.17) is 0 Å². The predicted octanol–water partition coefficient (Wildman–Crippen LogP) is 2.24. The van der Waals surface area contributed by atoms with Gasteiger partial charge >= 0.3 is 5.51 Å². The summed E-state index contributed by atoms with van der Waals surface area (Å²) in [5.74, 6) is -0.194. The molecule has 150 valence electrons. The van der Waals surface area contributed by atoms with Crippen molar-refractivity contribution in [1.29, 1.82) is 0 Å². The van der Waals surface area contributed by atoms with E-state index in [1.807, 2.05) is 0 Å². The number of carbonyl (C=O) groups excluding carboxylic acids is 1. The summed E-state index contributed by atoms with van der Waals surface area (Å²) < 4.78 is 61.1. The largest absolute Gasteiger partial charge is 0.501 e. The number of hydrogen-bond donors (Lipinski definition) is 1. The zero-order valence-corrected chi connectivity index (χ0v) is 15.1. The van der Waals surface area contributed by atoms with Crippen LogP contribution in [-0.2, 0) is 14.6 Å². The number of sulfone groups is 1. The Kier molecular flexibility index (Phi) is 5.97. The van der Waals surface area contributed by atoms with Crippen LogP contribution < -0.4 is 10.2 Å². The van der Waals surface area contributed by atoms with Gasteiger partial charge in [-0.3, -0.25) is 14.9 Å². The topological polar surface area (TPSA) is 110 Å². The summed E-state index contributed by atoms with van der Waals surface area (Å²) in [7, 11) is -5.68. The maximum atomic E-state index is 12.7. The van der Waals surface area contributed by atoms with Gasteiger partial charge in [0, 0.05) is 32.6 Å². The molecule has 1 amide bonds. The van der Waals surface area contributed by atoms with Crippen LogP contribution in [-0.4, -0.2) is 44.4 Å². The Hall–Kier alpha value is -2.37. The highest BCUT2D eigenvalue weighted by atomic mass is 32.2. The lowest BCUT2D eigenvalue weighted by atomic mass is 9.97. The molecule has 1 heterocycles. The van der Waals surface area contributed by atoms with Crippen LogP contribution in [0.25, 0.3) is 0 Å². The summed E-state index contributed by atoms with van der Waals surface area (Å²) in [4.78, 5) is 21.9. The third-order valence-electron chi connectivity index (χ3n) is 4.26. The number of nitrogens with zero attached hydrogens (tertiary/aromatic N) is 2. The maximum Gasteiger partial charge on any atom is 0.501 e. The Bertz CT molecular complexity index is 842. The van der Waals surface area contributed by atoms with Crippen molar-refractivity contribution in [2.45, 2.75) is 30.2 Å². The lowest BCUT2D eigenvalue weighted by molar-refractivity contribution is -0.384. The number of hydrogen-bond acceptors (Lipinski definition) is 6. The highest BCUT2D eigenvalue weighted by Gasteiger charge is 2.47. The van der Waals surface area contributed by atoms with Crippen LogP contribution in [0, 0.1) is 16.0 Å². The maximum absolute atomic E-state index is 12.7. The van der Waals surface area contributed by atoms with Crippen LogP contribution in [0.5, 0.6) is 0 Å². The third-order valence-corrected chi connectivity index (χ3v) is 5.74. The van der Waals surface area contributed by atoms with Gasteiger partial charge in [0.05, 0.1) is 9.82 Å². The number of anilines is 1. The number of alkyl halides is 3. The highest BCUT2D eigenvalue weighted by Crippen LogP contribution is 2.37. The quantitative estimate of drug-likeness (QED) is 0.590. The fraction of sp³-hybridized carbons (Fsp3) is 0.533. The number of carbonyl (C=O) groups is 1. The Morgan fingerprint density at radius 2 is 2.07 bits per heavy atom. The second-order valence-electron chi connectivity index (χ2n) is 6.25. The molecular weight excluding hydrogens is 391 g/mol. The van der Waals surface area contributed by atoms with E-state index >= 15 is 0 Å². The second-order valence-corrected chi connectivity index (χ2v) is 8.19. The first-order valence-corrected chi connectivity index (χ1v) is 9.51. The van der Waals surface area contributed by atoms with Crippen molar-refractivity contribution in [1.82, 2.24) is 5.32 Å². The van der Waals surface area contributed by atoms with Gasteiger partial charge in [0.1, 0.15) is 5.69 Å². The zero-order valence-electron chi connectivity index (χ0n) is 14.3. The molecule has 1 unspecified atom stereocenters. The first kappa shape index (κ1) is 20.9. The van der Waals surface area contributed by atoms with Crippen molar-refractivity contribution in [3.63, 3.8) is 0 Å². The molecule has 12 heteroatoms. The first-order valence-electron chi connectivity index (χ1n) is 8.02. The normalized spacial score (nSPS) is 18.2. The van der Waals surface area contributed by atoms with Crippen molar-refractivity contribution in [3.05, 3.63) is 28.3 Å². The molecule has 0 aliphatic carbocycles. The van der Waals surface area contributed by atoms with Crippen molar-refractivity contribution < 1.29 is 31.3 Å². The monoisotopic (exact) mass is 409 g/mol. The van der Waals surface area contributed by atoms with Gasteiger partial charge in [0.2, 0.25) is 5.91 Å². The molecule has 0 saturated carbocycles. The van der Waals surface area contributed by atoms with Crippen molar-refractivity contribution in [2.75, 3.05) is 24.5 Å². The number of halogens is 3. The van der Waals surface area contributed by atoms with Crippen molar-refractivity contribution >= 4 is 27.1 Å². The fourth-order valence-corrected chi connectivity index (χ4v) is 3.74. The average Bonchev–Trinajstić information content (AvgIpc) is 2.58. The molecule has 1 fully saturated rings. The number of piperidine rings is 1. The zero-order chi connectivity index (χ0) is 20.4. The number of nitro groups is 1. The summed E-state index contributed by atoms with van der Waals surface area (Å²) in [5, 5.41) is 14.0. The molecule has 1 aromatic rings. The Labute approximate surface area is 153 Å². The molecule has 0 radical (unpaired) electrons.